The number of methoxy groups -OCH3 is 1. The van der Waals surface area contributed by atoms with E-state index in [-0.39, 0.29) is 23.6 Å². The number of imidazole rings is 1. The van der Waals surface area contributed by atoms with Gasteiger partial charge in [-0.15, -0.1) is 0 Å². The van der Waals surface area contributed by atoms with Gasteiger partial charge in [-0.25, -0.2) is 18.6 Å². The van der Waals surface area contributed by atoms with Gasteiger partial charge in [-0.1, -0.05) is 0 Å². The fourth-order valence-electron chi connectivity index (χ4n) is 4.45. The van der Waals surface area contributed by atoms with Crippen molar-refractivity contribution in [3.05, 3.63) is 58.9 Å². The topological polar surface area (TPSA) is 71.8 Å². The quantitative estimate of drug-likeness (QED) is 0.381. The third kappa shape index (κ3) is 4.31. The van der Waals surface area contributed by atoms with Crippen LogP contribution in [0, 0.1) is 11.6 Å². The number of esters is 1. The first kappa shape index (κ1) is 24.9. The maximum atomic E-state index is 15.3. The Morgan fingerprint density at radius 1 is 1.14 bits per heavy atom. The second-order valence-corrected chi connectivity index (χ2v) is 10.3. The zero-order valence-electron chi connectivity index (χ0n) is 21.1. The molecule has 0 radical (unpaired) electrons. The summed E-state index contributed by atoms with van der Waals surface area (Å²) in [5.41, 5.74) is 0.601. The van der Waals surface area contributed by atoms with Crippen LogP contribution in [0.5, 0.6) is 0 Å². The molecule has 0 unspecified atom stereocenters. The van der Waals surface area contributed by atoms with Gasteiger partial charge >= 0.3 is 13.1 Å². The first-order valence-electron chi connectivity index (χ1n) is 12.0. The molecule has 2 aliphatic heterocycles. The van der Waals surface area contributed by atoms with Crippen LogP contribution in [0.4, 0.5) is 8.78 Å². The maximum Gasteiger partial charge on any atom is 0.495 e. The van der Waals surface area contributed by atoms with E-state index in [1.165, 1.54) is 19.2 Å². The summed E-state index contributed by atoms with van der Waals surface area (Å²) >= 11 is 0. The molecule has 0 N–H and O–H groups in total. The number of halogens is 2. The van der Waals surface area contributed by atoms with Crippen LogP contribution in [-0.4, -0.2) is 53.7 Å². The highest BCUT2D eigenvalue weighted by atomic mass is 19.1. The fourth-order valence-corrected chi connectivity index (χ4v) is 4.45. The number of carbonyl (C=O) groups excluding carboxylic acids is 1. The van der Waals surface area contributed by atoms with E-state index in [0.29, 0.717) is 35.6 Å². The number of rotatable bonds is 6. The lowest BCUT2D eigenvalue weighted by molar-refractivity contribution is -0.0589. The van der Waals surface area contributed by atoms with Crippen LogP contribution in [0.1, 0.15) is 55.9 Å². The minimum absolute atomic E-state index is 0.0247. The summed E-state index contributed by atoms with van der Waals surface area (Å²) in [6.45, 7) is 8.67. The lowest BCUT2D eigenvalue weighted by atomic mass is 9.78. The average molecular weight is 498 g/mol. The lowest BCUT2D eigenvalue weighted by Gasteiger charge is -2.32. The molecule has 5 rings (SSSR count). The minimum atomic E-state index is -0.870. The van der Waals surface area contributed by atoms with Crippen molar-refractivity contribution in [3.63, 3.8) is 0 Å². The molecule has 36 heavy (non-hydrogen) atoms. The van der Waals surface area contributed by atoms with Crippen molar-refractivity contribution in [2.24, 2.45) is 0 Å². The van der Waals surface area contributed by atoms with Crippen molar-refractivity contribution in [1.82, 2.24) is 9.55 Å². The molecule has 2 saturated heterocycles. The van der Waals surface area contributed by atoms with Gasteiger partial charge in [0.15, 0.2) is 0 Å². The van der Waals surface area contributed by atoms with E-state index >= 15 is 8.78 Å². The number of nitrogens with zero attached hydrogens (tertiary/aromatic N) is 2. The molecule has 0 amide bonds. The van der Waals surface area contributed by atoms with Crippen molar-refractivity contribution >= 4 is 29.6 Å². The van der Waals surface area contributed by atoms with Crippen LogP contribution in [0.3, 0.4) is 0 Å². The molecular weight excluding hydrogens is 469 g/mol. The third-order valence-corrected chi connectivity index (χ3v) is 7.45. The second-order valence-electron chi connectivity index (χ2n) is 10.3. The zero-order valence-corrected chi connectivity index (χ0v) is 21.1. The third-order valence-electron chi connectivity index (χ3n) is 7.45. The Labute approximate surface area is 208 Å². The summed E-state index contributed by atoms with van der Waals surface area (Å²) in [4.78, 5) is 16.7. The van der Waals surface area contributed by atoms with Gasteiger partial charge in [-0.2, -0.15) is 0 Å². The standard InChI is InChI=1S/C26H29BF2N2O5/c1-25(2)26(3,4)36-27(35-25)16-11-19(28)18(20(29)12-16)13-23-30-21-7-6-15(24(32)33-5)10-22(21)31(23)14-17-8-9-34-17/h6-7,10-12,17H,8-9,13-14H2,1-5H3/t17-/m0/s1. The Morgan fingerprint density at radius 2 is 1.78 bits per heavy atom. The van der Waals surface area contributed by atoms with Gasteiger partial charge in [-0.3, -0.25) is 0 Å². The average Bonchev–Trinajstić information content (AvgIpc) is 3.24. The molecule has 7 nitrogen and oxygen atoms in total. The van der Waals surface area contributed by atoms with Crippen molar-refractivity contribution in [2.45, 2.75) is 64.4 Å². The lowest BCUT2D eigenvalue weighted by Crippen LogP contribution is -2.41. The largest absolute Gasteiger partial charge is 0.495 e. The van der Waals surface area contributed by atoms with Gasteiger partial charge in [0, 0.05) is 18.6 Å². The normalized spacial score (nSPS) is 20.5. The first-order chi connectivity index (χ1) is 17.0. The Hall–Kier alpha value is -2.82. The van der Waals surface area contributed by atoms with E-state index in [1.807, 2.05) is 32.3 Å². The number of hydrogen-bond acceptors (Lipinski definition) is 6. The van der Waals surface area contributed by atoms with Crippen LogP contribution in [0.15, 0.2) is 30.3 Å². The maximum absolute atomic E-state index is 15.3. The molecule has 190 valence electrons. The van der Waals surface area contributed by atoms with Crippen LogP contribution in [0.2, 0.25) is 0 Å². The number of carbonyl (C=O) groups is 1. The molecule has 2 aromatic carbocycles. The summed E-state index contributed by atoms with van der Waals surface area (Å²) in [5, 5.41) is 0. The smallest absolute Gasteiger partial charge is 0.465 e. The molecular formula is C26H29BF2N2O5. The first-order valence-corrected chi connectivity index (χ1v) is 12.0. The molecule has 1 aromatic heterocycles. The number of fused-ring (bicyclic) bond motifs is 1. The van der Waals surface area contributed by atoms with Crippen LogP contribution in [0.25, 0.3) is 11.0 Å². The monoisotopic (exact) mass is 498 g/mol. The molecule has 0 saturated carbocycles. The molecule has 10 heteroatoms. The highest BCUT2D eigenvalue weighted by Gasteiger charge is 2.52. The fraction of sp³-hybridized carbons (Fsp3) is 0.462. The number of hydrogen-bond donors (Lipinski definition) is 0. The van der Waals surface area contributed by atoms with E-state index in [1.54, 1.807) is 18.2 Å². The van der Waals surface area contributed by atoms with E-state index in [0.717, 1.165) is 6.42 Å². The predicted molar refractivity (Wildman–Crippen MR) is 130 cm³/mol. The number of benzene rings is 2. The van der Waals surface area contributed by atoms with Crippen molar-refractivity contribution in [3.8, 4) is 0 Å². The number of aromatic nitrogens is 2. The van der Waals surface area contributed by atoms with Crippen molar-refractivity contribution in [1.29, 1.82) is 0 Å². The zero-order chi connectivity index (χ0) is 25.8. The van der Waals surface area contributed by atoms with Gasteiger partial charge in [0.05, 0.1) is 47.6 Å². The van der Waals surface area contributed by atoms with Crippen LogP contribution in [-0.2, 0) is 31.7 Å². The highest BCUT2D eigenvalue weighted by Crippen LogP contribution is 2.36. The predicted octanol–water partition coefficient (Wildman–Crippen LogP) is 3.78. The highest BCUT2D eigenvalue weighted by molar-refractivity contribution is 6.62. The summed E-state index contributed by atoms with van der Waals surface area (Å²) in [6, 6.07) is 7.54. The molecule has 0 spiro atoms. The second kappa shape index (κ2) is 8.94. The molecule has 0 aliphatic carbocycles. The molecule has 2 fully saturated rings. The van der Waals surface area contributed by atoms with Gasteiger partial charge < -0.3 is 23.3 Å². The molecule has 3 heterocycles. The van der Waals surface area contributed by atoms with Gasteiger partial charge in [-0.05, 0) is 69.9 Å². The Kier molecular flexibility index (Phi) is 6.17. The molecule has 0 bridgehead atoms. The van der Waals surface area contributed by atoms with Crippen LogP contribution < -0.4 is 5.46 Å². The Balaban J connectivity index is 1.50. The molecule has 3 aromatic rings. The summed E-state index contributed by atoms with van der Waals surface area (Å²) in [5.74, 6) is -1.40. The molecule has 2 aliphatic rings. The van der Waals surface area contributed by atoms with E-state index in [2.05, 4.69) is 4.98 Å². The summed E-state index contributed by atoms with van der Waals surface area (Å²) in [7, 11) is 0.446. The number of ether oxygens (including phenoxy) is 2. The van der Waals surface area contributed by atoms with Gasteiger partial charge in [0.1, 0.15) is 17.5 Å². The Bertz CT molecular complexity index is 1300. The van der Waals surface area contributed by atoms with E-state index in [9.17, 15) is 4.79 Å². The summed E-state index contributed by atoms with van der Waals surface area (Å²) < 4.78 is 54.8. The molecule has 1 atom stereocenters. The van der Waals surface area contributed by atoms with E-state index < -0.39 is 35.9 Å². The SMILES string of the molecule is COC(=O)c1ccc2nc(Cc3c(F)cc(B4OC(C)(C)C(C)(C)O4)cc3F)n(C[C@@H]3CCO3)c2c1. The summed E-state index contributed by atoms with van der Waals surface area (Å²) in [6.07, 6.45) is 0.779. The Morgan fingerprint density at radius 3 is 2.33 bits per heavy atom. The van der Waals surface area contributed by atoms with Crippen LogP contribution >= 0.6 is 0 Å². The minimum Gasteiger partial charge on any atom is -0.465 e. The van der Waals surface area contributed by atoms with Crippen molar-refractivity contribution < 1.29 is 32.4 Å². The van der Waals surface area contributed by atoms with Crippen molar-refractivity contribution in [2.75, 3.05) is 13.7 Å². The van der Waals surface area contributed by atoms with E-state index in [4.69, 9.17) is 18.8 Å². The van der Waals surface area contributed by atoms with Gasteiger partial charge in [0.25, 0.3) is 0 Å². The van der Waals surface area contributed by atoms with Gasteiger partial charge in [0.2, 0.25) is 0 Å².